The first kappa shape index (κ1) is 14.2. The van der Waals surface area contributed by atoms with Crippen molar-refractivity contribution in [1.29, 1.82) is 0 Å². The predicted octanol–water partition coefficient (Wildman–Crippen LogP) is 1.57. The summed E-state index contributed by atoms with van der Waals surface area (Å²) in [5.74, 6) is 0.920. The van der Waals surface area contributed by atoms with Gasteiger partial charge < -0.3 is 15.4 Å². The minimum atomic E-state index is 0.531. The number of hydrogen-bond donors (Lipinski definition) is 2. The number of aryl methyl sites for hydroxylation is 1. The molecule has 2 rings (SSSR count). The highest BCUT2D eigenvalue weighted by Crippen LogP contribution is 2.25. The molecule has 0 radical (unpaired) electrons. The van der Waals surface area contributed by atoms with Crippen LogP contribution >= 0.6 is 0 Å². The zero-order valence-electron chi connectivity index (χ0n) is 12.2. The monoisotopic (exact) mass is 263 g/mol. The van der Waals surface area contributed by atoms with Crippen molar-refractivity contribution in [2.75, 3.05) is 45.7 Å². The molecule has 1 atom stereocenters. The molecule has 1 aliphatic heterocycles. The summed E-state index contributed by atoms with van der Waals surface area (Å²) >= 11 is 0. The molecule has 0 aromatic heterocycles. The quantitative estimate of drug-likeness (QED) is 0.845. The molecule has 0 aliphatic carbocycles. The fraction of sp³-hybridized carbons (Fsp3) is 0.600. The number of benzene rings is 1. The van der Waals surface area contributed by atoms with Gasteiger partial charge >= 0.3 is 0 Å². The van der Waals surface area contributed by atoms with Gasteiger partial charge in [0.15, 0.2) is 0 Å². The van der Waals surface area contributed by atoms with Gasteiger partial charge in [-0.1, -0.05) is 13.0 Å². The van der Waals surface area contributed by atoms with E-state index in [0.717, 1.165) is 44.0 Å². The lowest BCUT2D eigenvalue weighted by atomic mass is 10.1. The Morgan fingerprint density at radius 2 is 2.32 bits per heavy atom. The van der Waals surface area contributed by atoms with Crippen LogP contribution in [-0.2, 0) is 6.42 Å². The van der Waals surface area contributed by atoms with Gasteiger partial charge in [-0.2, -0.15) is 0 Å². The standard InChI is InChI=1S/C15H25N3O/c1-4-12-5-6-15(19-3)14(9-12)17-11-13-10-16-7-8-18(13)2/h5-6,9,13,16-17H,4,7-8,10-11H2,1-3H3. The van der Waals surface area contributed by atoms with E-state index in [1.807, 2.05) is 6.07 Å². The van der Waals surface area contributed by atoms with Crippen LogP contribution in [0.4, 0.5) is 5.69 Å². The van der Waals surface area contributed by atoms with E-state index in [-0.39, 0.29) is 0 Å². The molecule has 0 bridgehead atoms. The van der Waals surface area contributed by atoms with Gasteiger partial charge in [0.05, 0.1) is 12.8 Å². The van der Waals surface area contributed by atoms with E-state index in [1.54, 1.807) is 7.11 Å². The topological polar surface area (TPSA) is 36.5 Å². The van der Waals surface area contributed by atoms with E-state index in [9.17, 15) is 0 Å². The van der Waals surface area contributed by atoms with Gasteiger partial charge in [-0.25, -0.2) is 0 Å². The molecule has 1 aromatic rings. The van der Waals surface area contributed by atoms with Crippen molar-refractivity contribution in [2.24, 2.45) is 0 Å². The Hall–Kier alpha value is -1.26. The molecule has 1 aromatic carbocycles. The van der Waals surface area contributed by atoms with Crippen molar-refractivity contribution < 1.29 is 4.74 Å². The van der Waals surface area contributed by atoms with Gasteiger partial charge in [0.2, 0.25) is 0 Å². The average molecular weight is 263 g/mol. The summed E-state index contributed by atoms with van der Waals surface area (Å²) in [5, 5.41) is 6.97. The van der Waals surface area contributed by atoms with Crippen molar-refractivity contribution in [3.05, 3.63) is 23.8 Å². The number of rotatable bonds is 5. The molecule has 19 heavy (non-hydrogen) atoms. The molecule has 4 nitrogen and oxygen atoms in total. The number of nitrogens with zero attached hydrogens (tertiary/aromatic N) is 1. The van der Waals surface area contributed by atoms with E-state index in [1.165, 1.54) is 5.56 Å². The number of ether oxygens (including phenoxy) is 1. The summed E-state index contributed by atoms with van der Waals surface area (Å²) in [5.41, 5.74) is 2.43. The fourth-order valence-electron chi connectivity index (χ4n) is 2.43. The van der Waals surface area contributed by atoms with E-state index >= 15 is 0 Å². The van der Waals surface area contributed by atoms with Crippen LogP contribution in [0.2, 0.25) is 0 Å². The van der Waals surface area contributed by atoms with Gasteiger partial charge in [0.1, 0.15) is 5.75 Å². The number of methoxy groups -OCH3 is 1. The first-order valence-electron chi connectivity index (χ1n) is 7.06. The molecule has 1 fully saturated rings. The molecule has 1 unspecified atom stereocenters. The third-order valence-electron chi connectivity index (χ3n) is 3.84. The van der Waals surface area contributed by atoms with Crippen molar-refractivity contribution in [2.45, 2.75) is 19.4 Å². The maximum Gasteiger partial charge on any atom is 0.141 e. The Labute approximate surface area is 116 Å². The summed E-state index contributed by atoms with van der Waals surface area (Å²) in [7, 11) is 3.91. The van der Waals surface area contributed by atoms with E-state index in [2.05, 4.69) is 41.6 Å². The van der Waals surface area contributed by atoms with Crippen molar-refractivity contribution in [1.82, 2.24) is 10.2 Å². The molecule has 1 heterocycles. The second-order valence-corrected chi connectivity index (χ2v) is 5.11. The Morgan fingerprint density at radius 1 is 1.47 bits per heavy atom. The van der Waals surface area contributed by atoms with E-state index < -0.39 is 0 Å². The van der Waals surface area contributed by atoms with E-state index in [4.69, 9.17) is 4.74 Å². The zero-order valence-corrected chi connectivity index (χ0v) is 12.2. The van der Waals surface area contributed by atoms with Gasteiger partial charge in [0.25, 0.3) is 0 Å². The zero-order chi connectivity index (χ0) is 13.7. The molecular weight excluding hydrogens is 238 g/mol. The van der Waals surface area contributed by atoms with Crippen LogP contribution in [0.15, 0.2) is 18.2 Å². The summed E-state index contributed by atoms with van der Waals surface area (Å²) < 4.78 is 5.42. The lowest BCUT2D eigenvalue weighted by Crippen LogP contribution is -2.52. The summed E-state index contributed by atoms with van der Waals surface area (Å²) in [6.07, 6.45) is 1.05. The molecule has 0 spiro atoms. The predicted molar refractivity (Wildman–Crippen MR) is 80.1 cm³/mol. The smallest absolute Gasteiger partial charge is 0.141 e. The van der Waals surface area contributed by atoms with Crippen molar-refractivity contribution >= 4 is 5.69 Å². The Balaban J connectivity index is 2.01. The van der Waals surface area contributed by atoms with Gasteiger partial charge in [0, 0.05) is 32.2 Å². The summed E-state index contributed by atoms with van der Waals surface area (Å²) in [4.78, 5) is 2.40. The van der Waals surface area contributed by atoms with Gasteiger partial charge in [-0.15, -0.1) is 0 Å². The molecule has 1 aliphatic rings. The van der Waals surface area contributed by atoms with E-state index in [0.29, 0.717) is 6.04 Å². The minimum absolute atomic E-state index is 0.531. The van der Waals surface area contributed by atoms with Crippen LogP contribution in [0.3, 0.4) is 0 Å². The number of anilines is 1. The third-order valence-corrected chi connectivity index (χ3v) is 3.84. The van der Waals surface area contributed by atoms with Gasteiger partial charge in [-0.05, 0) is 31.2 Å². The second-order valence-electron chi connectivity index (χ2n) is 5.11. The number of likely N-dealkylation sites (N-methyl/N-ethyl adjacent to an activating group) is 1. The molecule has 0 saturated carbocycles. The normalized spacial score (nSPS) is 20.3. The summed E-state index contributed by atoms with van der Waals surface area (Å²) in [6.45, 7) is 6.34. The highest BCUT2D eigenvalue weighted by atomic mass is 16.5. The Bertz CT molecular complexity index is 408. The van der Waals surface area contributed by atoms with Crippen LogP contribution in [0.1, 0.15) is 12.5 Å². The molecule has 1 saturated heterocycles. The number of nitrogens with one attached hydrogen (secondary N) is 2. The highest BCUT2D eigenvalue weighted by molar-refractivity contribution is 5.58. The fourth-order valence-corrected chi connectivity index (χ4v) is 2.43. The molecule has 2 N–H and O–H groups in total. The van der Waals surface area contributed by atoms with Crippen molar-refractivity contribution in [3.8, 4) is 5.75 Å². The highest BCUT2D eigenvalue weighted by Gasteiger charge is 2.18. The van der Waals surface area contributed by atoms with Crippen LogP contribution < -0.4 is 15.4 Å². The molecule has 106 valence electrons. The maximum atomic E-state index is 5.42. The summed E-state index contributed by atoms with van der Waals surface area (Å²) in [6, 6.07) is 6.89. The second kappa shape index (κ2) is 6.78. The first-order chi connectivity index (χ1) is 9.24. The maximum absolute atomic E-state index is 5.42. The van der Waals surface area contributed by atoms with Crippen LogP contribution in [0, 0.1) is 0 Å². The van der Waals surface area contributed by atoms with Crippen LogP contribution in [-0.4, -0.2) is 51.3 Å². The molecular formula is C15H25N3O. The number of piperazine rings is 1. The van der Waals surface area contributed by atoms with Gasteiger partial charge in [-0.3, -0.25) is 4.90 Å². The van der Waals surface area contributed by atoms with Crippen molar-refractivity contribution in [3.63, 3.8) is 0 Å². The van der Waals surface area contributed by atoms with Crippen LogP contribution in [0.5, 0.6) is 5.75 Å². The first-order valence-corrected chi connectivity index (χ1v) is 7.06. The molecule has 4 heteroatoms. The minimum Gasteiger partial charge on any atom is -0.495 e. The lowest BCUT2D eigenvalue weighted by molar-refractivity contribution is 0.209. The average Bonchev–Trinajstić information content (AvgIpc) is 2.46. The molecule has 0 amide bonds. The lowest BCUT2D eigenvalue weighted by Gasteiger charge is -2.33. The number of hydrogen-bond acceptors (Lipinski definition) is 4. The Morgan fingerprint density at radius 3 is 3.00 bits per heavy atom. The third kappa shape index (κ3) is 3.61. The SMILES string of the molecule is CCc1ccc(OC)c(NCC2CNCCN2C)c1. The van der Waals surface area contributed by atoms with Crippen LogP contribution in [0.25, 0.3) is 0 Å². The Kier molecular flexibility index (Phi) is 5.05. The largest absolute Gasteiger partial charge is 0.495 e.